The number of hydrogen-bond donors (Lipinski definition) is 0. The smallest absolute Gasteiger partial charge is 0.0964 e. The Morgan fingerprint density at radius 3 is 1.56 bits per heavy atom. The summed E-state index contributed by atoms with van der Waals surface area (Å²) in [6, 6.07) is 12.1. The molecule has 0 fully saturated rings. The summed E-state index contributed by atoms with van der Waals surface area (Å²) in [6.45, 7) is 0. The molecule has 0 aliphatic rings. The number of nitrogens with zero attached hydrogens (tertiary/aromatic N) is 2. The van der Waals surface area contributed by atoms with Crippen molar-refractivity contribution in [1.82, 2.24) is 9.97 Å². The molecule has 3 rings (SSSR count). The van der Waals surface area contributed by atoms with Gasteiger partial charge in [0.25, 0.3) is 0 Å². The third kappa shape index (κ3) is 1.94. The van der Waals surface area contributed by atoms with E-state index < -0.39 is 0 Å². The second kappa shape index (κ2) is 5.10. The van der Waals surface area contributed by atoms with Gasteiger partial charge in [-0.15, -0.1) is 0 Å². The Morgan fingerprint density at radius 2 is 1.12 bits per heavy atom. The van der Waals surface area contributed by atoms with Crippen LogP contribution in [0.3, 0.4) is 0 Å². The second-order valence-corrected chi connectivity index (χ2v) is 3.22. The Morgan fingerprint density at radius 1 is 0.688 bits per heavy atom. The van der Waals surface area contributed by atoms with Crippen molar-refractivity contribution in [3.8, 4) is 0 Å². The molecular formula is C12H10N2ORu. The predicted molar refractivity (Wildman–Crippen MR) is 60.7 cm³/mol. The minimum absolute atomic E-state index is 0. The number of benzene rings is 1. The molecule has 0 radical (unpaired) electrons. The molecule has 2 aromatic heterocycles. The van der Waals surface area contributed by atoms with Crippen LogP contribution in [-0.4, -0.2) is 15.4 Å². The molecule has 82 valence electrons. The molecule has 0 saturated heterocycles. The Labute approximate surface area is 106 Å². The Bertz CT molecular complexity index is 558. The van der Waals surface area contributed by atoms with Crippen LogP contribution in [-0.2, 0) is 19.5 Å². The van der Waals surface area contributed by atoms with Crippen molar-refractivity contribution < 1.29 is 25.0 Å². The maximum atomic E-state index is 4.35. The fraction of sp³-hybridized carbons (Fsp3) is 0. The van der Waals surface area contributed by atoms with Gasteiger partial charge in [-0.05, 0) is 12.1 Å². The molecule has 0 saturated carbocycles. The first-order chi connectivity index (χ1) is 6.95. The maximum absolute atomic E-state index is 4.35. The first kappa shape index (κ1) is 12.7. The molecule has 0 spiro atoms. The van der Waals surface area contributed by atoms with Crippen LogP contribution in [0, 0.1) is 0 Å². The van der Waals surface area contributed by atoms with Gasteiger partial charge in [0.2, 0.25) is 0 Å². The number of rotatable bonds is 0. The molecule has 2 N–H and O–H groups in total. The van der Waals surface area contributed by atoms with Gasteiger partial charge < -0.3 is 5.48 Å². The Balaban J connectivity index is 0.000000640. The van der Waals surface area contributed by atoms with Gasteiger partial charge in [-0.2, -0.15) is 0 Å². The zero-order valence-electron chi connectivity index (χ0n) is 8.37. The minimum atomic E-state index is 0. The average molecular weight is 299 g/mol. The molecule has 0 bridgehead atoms. The molecule has 2 heterocycles. The fourth-order valence-electron chi connectivity index (χ4n) is 1.68. The van der Waals surface area contributed by atoms with Crippen LogP contribution in [0.1, 0.15) is 0 Å². The third-order valence-electron chi connectivity index (χ3n) is 2.34. The number of pyridine rings is 2. The van der Waals surface area contributed by atoms with Crippen molar-refractivity contribution in [3.63, 3.8) is 0 Å². The summed E-state index contributed by atoms with van der Waals surface area (Å²) in [4.78, 5) is 8.69. The normalized spacial score (nSPS) is 9.50. The summed E-state index contributed by atoms with van der Waals surface area (Å²) in [5.41, 5.74) is 1.95. The van der Waals surface area contributed by atoms with Crippen LogP contribution in [0.4, 0.5) is 0 Å². The quantitative estimate of drug-likeness (QED) is 0.470. The zero-order chi connectivity index (χ0) is 9.38. The SMILES string of the molecule is O.[Ru].c1cnc2c(c1)ccc1cccnc12. The van der Waals surface area contributed by atoms with Crippen LogP contribution < -0.4 is 0 Å². The van der Waals surface area contributed by atoms with Crippen molar-refractivity contribution in [2.45, 2.75) is 0 Å². The van der Waals surface area contributed by atoms with Crippen LogP contribution in [0.25, 0.3) is 21.8 Å². The topological polar surface area (TPSA) is 57.3 Å². The van der Waals surface area contributed by atoms with Gasteiger partial charge in [-0.1, -0.05) is 24.3 Å². The molecule has 0 aliphatic heterocycles. The second-order valence-electron chi connectivity index (χ2n) is 3.22. The largest absolute Gasteiger partial charge is 0.412 e. The summed E-state index contributed by atoms with van der Waals surface area (Å²) in [5, 5.41) is 2.28. The van der Waals surface area contributed by atoms with E-state index in [1.807, 2.05) is 12.1 Å². The van der Waals surface area contributed by atoms with Gasteiger partial charge in [0.15, 0.2) is 0 Å². The molecule has 16 heavy (non-hydrogen) atoms. The van der Waals surface area contributed by atoms with Gasteiger partial charge in [0.1, 0.15) is 0 Å². The van der Waals surface area contributed by atoms with E-state index in [-0.39, 0.29) is 25.0 Å². The molecule has 0 amide bonds. The molecule has 0 aliphatic carbocycles. The standard InChI is InChI=1S/C12H8N2.H2O.Ru/c1-3-9-5-6-10-4-2-8-14-12(10)11(9)13-7-1;;/h1-8H;1H2;. The number of fused-ring (bicyclic) bond motifs is 3. The third-order valence-corrected chi connectivity index (χ3v) is 2.34. The van der Waals surface area contributed by atoms with Gasteiger partial charge in [0, 0.05) is 42.6 Å². The van der Waals surface area contributed by atoms with E-state index in [1.54, 1.807) is 12.4 Å². The number of hydrogen-bond acceptors (Lipinski definition) is 2. The van der Waals surface area contributed by atoms with E-state index in [0.29, 0.717) is 0 Å². The van der Waals surface area contributed by atoms with E-state index in [4.69, 9.17) is 0 Å². The molecule has 0 unspecified atom stereocenters. The van der Waals surface area contributed by atoms with Gasteiger partial charge >= 0.3 is 0 Å². The molecule has 4 heteroatoms. The van der Waals surface area contributed by atoms with Crippen molar-refractivity contribution in [3.05, 3.63) is 48.8 Å². The van der Waals surface area contributed by atoms with E-state index in [0.717, 1.165) is 21.8 Å². The minimum Gasteiger partial charge on any atom is -0.412 e. The maximum Gasteiger partial charge on any atom is 0.0964 e. The zero-order valence-corrected chi connectivity index (χ0v) is 10.1. The monoisotopic (exact) mass is 300 g/mol. The van der Waals surface area contributed by atoms with E-state index in [2.05, 4.69) is 34.2 Å². The van der Waals surface area contributed by atoms with Crippen LogP contribution in [0.2, 0.25) is 0 Å². The summed E-state index contributed by atoms with van der Waals surface area (Å²) < 4.78 is 0. The van der Waals surface area contributed by atoms with E-state index >= 15 is 0 Å². The van der Waals surface area contributed by atoms with Crippen molar-refractivity contribution in [2.75, 3.05) is 0 Å². The summed E-state index contributed by atoms with van der Waals surface area (Å²) in [7, 11) is 0. The first-order valence-corrected chi connectivity index (χ1v) is 4.53. The van der Waals surface area contributed by atoms with Crippen molar-refractivity contribution in [1.29, 1.82) is 0 Å². The Hall–Kier alpha value is -1.38. The summed E-state index contributed by atoms with van der Waals surface area (Å²) >= 11 is 0. The van der Waals surface area contributed by atoms with E-state index in [9.17, 15) is 0 Å². The van der Waals surface area contributed by atoms with Gasteiger partial charge in [-0.3, -0.25) is 9.97 Å². The van der Waals surface area contributed by atoms with E-state index in [1.165, 1.54) is 0 Å². The number of aromatic nitrogens is 2. The predicted octanol–water partition coefficient (Wildman–Crippen LogP) is 1.96. The molecular weight excluding hydrogens is 289 g/mol. The van der Waals surface area contributed by atoms with Crippen molar-refractivity contribution in [2.24, 2.45) is 0 Å². The molecule has 1 aromatic carbocycles. The van der Waals surface area contributed by atoms with Crippen molar-refractivity contribution >= 4 is 21.8 Å². The molecule has 0 atom stereocenters. The van der Waals surface area contributed by atoms with Crippen LogP contribution >= 0.6 is 0 Å². The molecule has 3 nitrogen and oxygen atoms in total. The fourth-order valence-corrected chi connectivity index (χ4v) is 1.68. The van der Waals surface area contributed by atoms with Crippen LogP contribution in [0.15, 0.2) is 48.8 Å². The first-order valence-electron chi connectivity index (χ1n) is 4.53. The molecule has 3 aromatic rings. The average Bonchev–Trinajstić information content (AvgIpc) is 2.29. The van der Waals surface area contributed by atoms with Gasteiger partial charge in [-0.25, -0.2) is 0 Å². The van der Waals surface area contributed by atoms with Gasteiger partial charge in [0.05, 0.1) is 11.0 Å². The summed E-state index contributed by atoms with van der Waals surface area (Å²) in [6.07, 6.45) is 3.60. The summed E-state index contributed by atoms with van der Waals surface area (Å²) in [5.74, 6) is 0. The Kier molecular flexibility index (Phi) is 4.05. The van der Waals surface area contributed by atoms with Crippen LogP contribution in [0.5, 0.6) is 0 Å².